The van der Waals surface area contributed by atoms with E-state index in [1.807, 2.05) is 24.1 Å². The van der Waals surface area contributed by atoms with Gasteiger partial charge < -0.3 is 20.3 Å². The van der Waals surface area contributed by atoms with Crippen molar-refractivity contribution in [2.45, 2.75) is 18.9 Å². The molecule has 1 aromatic heterocycles. The van der Waals surface area contributed by atoms with E-state index in [1.165, 1.54) is 24.2 Å². The van der Waals surface area contributed by atoms with Crippen molar-refractivity contribution >= 4 is 52.0 Å². The number of morpholine rings is 1. The number of ether oxygens (including phenoxy) is 1. The molecule has 2 N–H and O–H groups in total. The highest BCUT2D eigenvalue weighted by atomic mass is 35.5. The molecule has 176 valence electrons. The van der Waals surface area contributed by atoms with E-state index >= 15 is 0 Å². The normalized spacial score (nSPS) is 17.2. The number of anilines is 2. The molecule has 2 fully saturated rings. The maximum Gasteiger partial charge on any atom is 0.261 e. The first-order chi connectivity index (χ1) is 15.9. The highest BCUT2D eigenvalue weighted by molar-refractivity contribution is 7.18. The van der Waals surface area contributed by atoms with Gasteiger partial charge in [0.15, 0.2) is 0 Å². The highest BCUT2D eigenvalue weighted by Crippen LogP contribution is 2.30. The zero-order valence-corrected chi connectivity index (χ0v) is 20.0. The summed E-state index contributed by atoms with van der Waals surface area (Å²) < 4.78 is 5.71. The second-order valence-corrected chi connectivity index (χ2v) is 10.1. The lowest BCUT2D eigenvalue weighted by Gasteiger charge is -2.28. The summed E-state index contributed by atoms with van der Waals surface area (Å²) in [5.41, 5.74) is 1.40. The van der Waals surface area contributed by atoms with Crippen molar-refractivity contribution in [2.75, 3.05) is 50.1 Å². The van der Waals surface area contributed by atoms with Gasteiger partial charge in [0.1, 0.15) is 12.6 Å². The molecule has 0 unspecified atom stereocenters. The number of carbonyl (C=O) groups excluding carboxylic acids is 3. The van der Waals surface area contributed by atoms with Crippen LogP contribution in [0.1, 0.15) is 22.5 Å². The number of hydrogen-bond acceptors (Lipinski definition) is 6. The van der Waals surface area contributed by atoms with Crippen LogP contribution in [0.25, 0.3) is 0 Å². The highest BCUT2D eigenvalue weighted by Gasteiger charge is 2.30. The number of thiophene rings is 1. The zero-order chi connectivity index (χ0) is 23.4. The van der Waals surface area contributed by atoms with Crippen molar-refractivity contribution in [2.24, 2.45) is 5.92 Å². The Bertz CT molecular complexity index is 1010. The Morgan fingerprint density at radius 1 is 1.24 bits per heavy atom. The third kappa shape index (κ3) is 6.32. The molecule has 10 heteroatoms. The topological polar surface area (TPSA) is 91.0 Å². The van der Waals surface area contributed by atoms with Gasteiger partial charge in [-0.05, 0) is 62.2 Å². The van der Waals surface area contributed by atoms with Crippen molar-refractivity contribution in [1.82, 2.24) is 10.2 Å². The molecule has 3 amide bonds. The van der Waals surface area contributed by atoms with Crippen molar-refractivity contribution < 1.29 is 19.1 Å². The minimum absolute atomic E-state index is 0.0803. The predicted molar refractivity (Wildman–Crippen MR) is 129 cm³/mol. The first-order valence-corrected chi connectivity index (χ1v) is 12.1. The van der Waals surface area contributed by atoms with Crippen LogP contribution in [0, 0.1) is 5.92 Å². The van der Waals surface area contributed by atoms with Crippen molar-refractivity contribution in [3.63, 3.8) is 0 Å². The molecule has 0 spiro atoms. The molecular formula is C23H27ClN4O4S. The van der Waals surface area contributed by atoms with Gasteiger partial charge in [0.05, 0.1) is 15.8 Å². The number of amides is 3. The summed E-state index contributed by atoms with van der Waals surface area (Å²) >= 11 is 7.13. The first kappa shape index (κ1) is 23.7. The van der Waals surface area contributed by atoms with Crippen LogP contribution in [0.5, 0.6) is 0 Å². The second-order valence-electron chi connectivity index (χ2n) is 8.35. The molecule has 2 heterocycles. The third-order valence-corrected chi connectivity index (χ3v) is 6.99. The minimum Gasteiger partial charge on any atom is -0.370 e. The lowest BCUT2D eigenvalue weighted by molar-refractivity contribution is -0.125. The predicted octanol–water partition coefficient (Wildman–Crippen LogP) is 2.84. The smallest absolute Gasteiger partial charge is 0.261 e. The molecule has 0 bridgehead atoms. The number of nitrogens with one attached hydrogen (secondary N) is 2. The number of halogens is 1. The van der Waals surface area contributed by atoms with Crippen LogP contribution < -0.4 is 15.5 Å². The van der Waals surface area contributed by atoms with Crippen LogP contribution in [-0.4, -0.2) is 68.6 Å². The van der Waals surface area contributed by atoms with Crippen LogP contribution in [0.4, 0.5) is 11.4 Å². The summed E-state index contributed by atoms with van der Waals surface area (Å²) in [5.74, 6) is 0.0759. The van der Waals surface area contributed by atoms with E-state index in [0.29, 0.717) is 34.0 Å². The molecule has 2 aromatic rings. The van der Waals surface area contributed by atoms with Crippen molar-refractivity contribution in [1.29, 1.82) is 0 Å². The van der Waals surface area contributed by atoms with E-state index in [4.69, 9.17) is 16.3 Å². The van der Waals surface area contributed by atoms with Crippen LogP contribution >= 0.6 is 22.9 Å². The fraction of sp³-hybridized carbons (Fsp3) is 0.435. The molecular weight excluding hydrogens is 464 g/mol. The van der Waals surface area contributed by atoms with Crippen molar-refractivity contribution in [3.8, 4) is 0 Å². The number of benzene rings is 1. The van der Waals surface area contributed by atoms with Gasteiger partial charge in [-0.15, -0.1) is 11.3 Å². The average Bonchev–Trinajstić information content (AvgIpc) is 3.50. The van der Waals surface area contributed by atoms with Crippen LogP contribution in [-0.2, 0) is 14.3 Å². The minimum atomic E-state index is -0.523. The maximum absolute atomic E-state index is 13.1. The Labute approximate surface area is 201 Å². The quantitative estimate of drug-likeness (QED) is 0.564. The van der Waals surface area contributed by atoms with Crippen LogP contribution in [0.15, 0.2) is 36.4 Å². The number of likely N-dealkylation sites (N-methyl/N-ethyl adjacent to an activating group) is 1. The van der Waals surface area contributed by atoms with Gasteiger partial charge in [0, 0.05) is 31.0 Å². The Morgan fingerprint density at radius 3 is 2.64 bits per heavy atom. The summed E-state index contributed by atoms with van der Waals surface area (Å²) in [4.78, 5) is 41.8. The molecule has 4 rings (SSSR count). The molecule has 2 aliphatic rings. The summed E-state index contributed by atoms with van der Waals surface area (Å²) in [5, 5.41) is 5.81. The molecule has 1 saturated carbocycles. The first-order valence-electron chi connectivity index (χ1n) is 10.9. The van der Waals surface area contributed by atoms with E-state index < -0.39 is 6.04 Å². The Hall–Kier alpha value is -2.46. The SMILES string of the molecule is CN(CC1CC1)[C@H](CNC(=O)c1ccc(Cl)s1)C(=O)Nc1ccc(N2CCOCC2=O)cc1. The van der Waals surface area contributed by atoms with Crippen molar-refractivity contribution in [3.05, 3.63) is 45.6 Å². The van der Waals surface area contributed by atoms with Gasteiger partial charge >= 0.3 is 0 Å². The molecule has 1 saturated heterocycles. The number of carbonyl (C=O) groups is 3. The molecule has 33 heavy (non-hydrogen) atoms. The van der Waals surface area contributed by atoms with Gasteiger partial charge in [-0.25, -0.2) is 0 Å². The Balaban J connectivity index is 1.39. The molecule has 1 aromatic carbocycles. The average molecular weight is 491 g/mol. The van der Waals surface area contributed by atoms with Gasteiger partial charge in [-0.1, -0.05) is 11.6 Å². The fourth-order valence-corrected chi connectivity index (χ4v) is 4.70. The van der Waals surface area contributed by atoms with E-state index in [9.17, 15) is 14.4 Å². The maximum atomic E-state index is 13.1. The summed E-state index contributed by atoms with van der Waals surface area (Å²) in [7, 11) is 1.91. The molecule has 0 radical (unpaired) electrons. The van der Waals surface area contributed by atoms with Crippen LogP contribution in [0.3, 0.4) is 0 Å². The summed E-state index contributed by atoms with van der Waals surface area (Å²) in [6.07, 6.45) is 2.33. The largest absolute Gasteiger partial charge is 0.370 e. The monoisotopic (exact) mass is 490 g/mol. The number of hydrogen-bond donors (Lipinski definition) is 2. The lowest BCUT2D eigenvalue weighted by Crippen LogP contribution is -2.49. The Morgan fingerprint density at radius 2 is 2.00 bits per heavy atom. The van der Waals surface area contributed by atoms with E-state index in [-0.39, 0.29) is 30.9 Å². The third-order valence-electron chi connectivity index (χ3n) is 5.76. The van der Waals surface area contributed by atoms with Crippen LogP contribution in [0.2, 0.25) is 4.34 Å². The molecule has 1 atom stereocenters. The van der Waals surface area contributed by atoms with E-state index in [1.54, 1.807) is 29.2 Å². The molecule has 1 aliphatic heterocycles. The lowest BCUT2D eigenvalue weighted by atomic mass is 10.2. The second kappa shape index (κ2) is 10.6. The Kier molecular flexibility index (Phi) is 7.64. The van der Waals surface area contributed by atoms with Gasteiger partial charge in [0.2, 0.25) is 5.91 Å². The fourth-order valence-electron chi connectivity index (χ4n) is 3.74. The van der Waals surface area contributed by atoms with Gasteiger partial charge in [0.25, 0.3) is 11.8 Å². The van der Waals surface area contributed by atoms with Gasteiger partial charge in [-0.2, -0.15) is 0 Å². The van der Waals surface area contributed by atoms with E-state index in [0.717, 1.165) is 12.2 Å². The molecule has 8 nitrogen and oxygen atoms in total. The van der Waals surface area contributed by atoms with Gasteiger partial charge in [-0.3, -0.25) is 19.3 Å². The van der Waals surface area contributed by atoms with E-state index in [2.05, 4.69) is 10.6 Å². The standard InChI is InChI=1S/C23H27ClN4O4S/c1-27(13-15-2-3-15)18(12-25-23(31)19-8-9-20(24)33-19)22(30)26-16-4-6-17(7-5-16)28-10-11-32-14-21(28)29/h4-9,15,18H,2-3,10-14H2,1H3,(H,25,31)(H,26,30)/t18-/m1/s1. The summed E-state index contributed by atoms with van der Waals surface area (Å²) in [6, 6.07) is 10.0. The zero-order valence-electron chi connectivity index (χ0n) is 18.4. The number of rotatable bonds is 9. The molecule has 1 aliphatic carbocycles. The summed E-state index contributed by atoms with van der Waals surface area (Å²) in [6.45, 7) is 2.08. The number of nitrogens with zero attached hydrogens (tertiary/aromatic N) is 2.